The van der Waals surface area contributed by atoms with Crippen molar-refractivity contribution in [2.24, 2.45) is 5.73 Å². The first-order valence-electron chi connectivity index (χ1n) is 8.87. The molecular weight excluding hydrogens is 360 g/mol. The fraction of sp³-hybridized carbons (Fsp3) is 0.300. The van der Waals surface area contributed by atoms with E-state index in [9.17, 15) is 4.79 Å². The van der Waals surface area contributed by atoms with Crippen molar-refractivity contribution < 1.29 is 9.53 Å². The maximum absolute atomic E-state index is 12.7. The van der Waals surface area contributed by atoms with Crippen molar-refractivity contribution in [1.82, 2.24) is 14.3 Å². The summed E-state index contributed by atoms with van der Waals surface area (Å²) in [5.41, 5.74) is 8.55. The molecule has 3 heterocycles. The molecule has 6 nitrogen and oxygen atoms in total. The van der Waals surface area contributed by atoms with Crippen LogP contribution >= 0.6 is 11.5 Å². The van der Waals surface area contributed by atoms with Crippen molar-refractivity contribution in [3.05, 3.63) is 47.8 Å². The van der Waals surface area contributed by atoms with Gasteiger partial charge in [-0.15, -0.1) is 0 Å². The SMILES string of the molecule is CCC1(CN)CC(=O)c2cc(-c3nc(-c4ccnc(C)c4)ns3)ccc2O1. The van der Waals surface area contributed by atoms with Crippen LogP contribution in [-0.2, 0) is 0 Å². The van der Waals surface area contributed by atoms with Gasteiger partial charge in [0.25, 0.3) is 0 Å². The number of pyridine rings is 1. The molecule has 3 aromatic rings. The van der Waals surface area contributed by atoms with Gasteiger partial charge in [0.2, 0.25) is 0 Å². The summed E-state index contributed by atoms with van der Waals surface area (Å²) in [5.74, 6) is 1.31. The van der Waals surface area contributed by atoms with Crippen molar-refractivity contribution in [2.45, 2.75) is 32.3 Å². The molecule has 138 valence electrons. The zero-order valence-electron chi connectivity index (χ0n) is 15.2. The molecule has 1 aromatic carbocycles. The number of nitrogens with two attached hydrogens (primary N) is 1. The lowest BCUT2D eigenvalue weighted by Gasteiger charge is -2.36. The van der Waals surface area contributed by atoms with Crippen LogP contribution in [-0.4, -0.2) is 32.3 Å². The highest BCUT2D eigenvalue weighted by molar-refractivity contribution is 7.09. The molecular formula is C20H20N4O2S. The number of aromatic nitrogens is 3. The number of carbonyl (C=O) groups is 1. The van der Waals surface area contributed by atoms with Gasteiger partial charge in [0, 0.05) is 29.6 Å². The van der Waals surface area contributed by atoms with E-state index in [0.717, 1.165) is 21.8 Å². The summed E-state index contributed by atoms with van der Waals surface area (Å²) < 4.78 is 10.5. The van der Waals surface area contributed by atoms with E-state index in [1.54, 1.807) is 6.20 Å². The smallest absolute Gasteiger partial charge is 0.173 e. The summed E-state index contributed by atoms with van der Waals surface area (Å²) in [6.07, 6.45) is 2.74. The number of fused-ring (bicyclic) bond motifs is 1. The van der Waals surface area contributed by atoms with E-state index in [4.69, 9.17) is 10.5 Å². The molecule has 4 rings (SSSR count). The molecule has 1 aliphatic heterocycles. The van der Waals surface area contributed by atoms with Crippen molar-refractivity contribution in [3.8, 4) is 27.7 Å². The Labute approximate surface area is 161 Å². The summed E-state index contributed by atoms with van der Waals surface area (Å²) in [7, 11) is 0. The van der Waals surface area contributed by atoms with Crippen molar-refractivity contribution >= 4 is 17.3 Å². The first kappa shape index (κ1) is 17.8. The Bertz CT molecular complexity index is 1010. The maximum atomic E-state index is 12.7. The molecule has 0 bridgehead atoms. The summed E-state index contributed by atoms with van der Waals surface area (Å²) in [6.45, 7) is 4.24. The van der Waals surface area contributed by atoms with Gasteiger partial charge in [0.05, 0.1) is 12.0 Å². The van der Waals surface area contributed by atoms with Gasteiger partial charge < -0.3 is 10.5 Å². The number of carbonyl (C=O) groups excluding carboxylic acids is 1. The average Bonchev–Trinajstić information content (AvgIpc) is 3.18. The lowest BCUT2D eigenvalue weighted by molar-refractivity contribution is 0.0435. The molecule has 0 radical (unpaired) electrons. The Morgan fingerprint density at radius 1 is 1.26 bits per heavy atom. The van der Waals surface area contributed by atoms with Gasteiger partial charge in [-0.1, -0.05) is 6.92 Å². The molecule has 27 heavy (non-hydrogen) atoms. The standard InChI is InChI=1S/C20H20N4O2S/c1-3-20(11-21)10-16(25)15-9-14(4-5-17(15)26-20)19-23-18(24-27-19)13-6-7-22-12(2)8-13/h4-9H,3,10-11,21H2,1-2H3. The van der Waals surface area contributed by atoms with Crippen molar-refractivity contribution in [3.63, 3.8) is 0 Å². The van der Waals surface area contributed by atoms with E-state index in [-0.39, 0.29) is 5.78 Å². The first-order chi connectivity index (χ1) is 13.0. The summed E-state index contributed by atoms with van der Waals surface area (Å²) in [4.78, 5) is 21.5. The molecule has 0 saturated heterocycles. The van der Waals surface area contributed by atoms with Crippen LogP contribution in [0.3, 0.4) is 0 Å². The predicted molar refractivity (Wildman–Crippen MR) is 105 cm³/mol. The Kier molecular flexibility index (Phi) is 4.49. The van der Waals surface area contributed by atoms with E-state index in [1.807, 2.05) is 44.2 Å². The molecule has 7 heteroatoms. The number of aryl methyl sites for hydroxylation is 1. The monoisotopic (exact) mass is 380 g/mol. The molecule has 2 N–H and O–H groups in total. The summed E-state index contributed by atoms with van der Waals surface area (Å²) >= 11 is 1.31. The first-order valence-corrected chi connectivity index (χ1v) is 9.64. The second-order valence-electron chi connectivity index (χ2n) is 6.76. The third-order valence-corrected chi connectivity index (χ3v) is 5.70. The minimum absolute atomic E-state index is 0.0555. The lowest BCUT2D eigenvalue weighted by atomic mass is 9.87. The highest BCUT2D eigenvalue weighted by Crippen LogP contribution is 2.37. The fourth-order valence-electron chi connectivity index (χ4n) is 3.23. The highest BCUT2D eigenvalue weighted by atomic mass is 32.1. The lowest BCUT2D eigenvalue weighted by Crippen LogP contribution is -2.47. The molecule has 0 aliphatic carbocycles. The Balaban J connectivity index is 1.68. The third-order valence-electron chi connectivity index (χ3n) is 4.93. The maximum Gasteiger partial charge on any atom is 0.173 e. The largest absolute Gasteiger partial charge is 0.485 e. The van der Waals surface area contributed by atoms with E-state index in [0.29, 0.717) is 36.5 Å². The highest BCUT2D eigenvalue weighted by Gasteiger charge is 2.38. The number of benzene rings is 1. The van der Waals surface area contributed by atoms with E-state index in [2.05, 4.69) is 14.3 Å². The van der Waals surface area contributed by atoms with Gasteiger partial charge in [0.1, 0.15) is 16.4 Å². The van der Waals surface area contributed by atoms with Crippen LogP contribution in [0.25, 0.3) is 22.0 Å². The normalized spacial score (nSPS) is 18.9. The average molecular weight is 380 g/mol. The number of ketones is 1. The van der Waals surface area contributed by atoms with Gasteiger partial charge in [-0.3, -0.25) is 9.78 Å². The van der Waals surface area contributed by atoms with Gasteiger partial charge >= 0.3 is 0 Å². The number of ether oxygens (including phenoxy) is 1. The topological polar surface area (TPSA) is 91.0 Å². The molecule has 1 aliphatic rings. The fourth-order valence-corrected chi connectivity index (χ4v) is 3.90. The zero-order chi connectivity index (χ0) is 19.0. The number of hydrogen-bond acceptors (Lipinski definition) is 7. The number of hydrogen-bond donors (Lipinski definition) is 1. The molecule has 1 unspecified atom stereocenters. The van der Waals surface area contributed by atoms with Crippen LogP contribution < -0.4 is 10.5 Å². The minimum Gasteiger partial charge on any atom is -0.485 e. The van der Waals surface area contributed by atoms with Gasteiger partial charge in [-0.2, -0.15) is 4.37 Å². The van der Waals surface area contributed by atoms with E-state index in [1.165, 1.54) is 11.5 Å². The minimum atomic E-state index is -0.597. The molecule has 0 fully saturated rings. The molecule has 0 amide bonds. The van der Waals surface area contributed by atoms with Crippen molar-refractivity contribution in [2.75, 3.05) is 6.54 Å². The molecule has 0 saturated carbocycles. The van der Waals surface area contributed by atoms with Crippen molar-refractivity contribution in [1.29, 1.82) is 0 Å². The second-order valence-corrected chi connectivity index (χ2v) is 7.51. The second kappa shape index (κ2) is 6.83. The van der Waals surface area contributed by atoms with Crippen LogP contribution in [0.4, 0.5) is 0 Å². The van der Waals surface area contributed by atoms with Gasteiger partial charge in [-0.05, 0) is 55.2 Å². The predicted octanol–water partition coefficient (Wildman–Crippen LogP) is 3.65. The van der Waals surface area contributed by atoms with Gasteiger partial charge in [-0.25, -0.2) is 4.98 Å². The molecule has 0 spiro atoms. The van der Waals surface area contributed by atoms with Crippen LogP contribution in [0.15, 0.2) is 36.5 Å². The quantitative estimate of drug-likeness (QED) is 0.743. The van der Waals surface area contributed by atoms with E-state index < -0.39 is 5.60 Å². The zero-order valence-corrected chi connectivity index (χ0v) is 16.0. The Morgan fingerprint density at radius 2 is 2.11 bits per heavy atom. The number of Topliss-reactive ketones (excluding diaryl/α,β-unsaturated/α-hetero) is 1. The Hall–Kier alpha value is -2.64. The van der Waals surface area contributed by atoms with Crippen LogP contribution in [0.1, 0.15) is 35.8 Å². The van der Waals surface area contributed by atoms with Gasteiger partial charge in [0.15, 0.2) is 11.6 Å². The Morgan fingerprint density at radius 3 is 2.85 bits per heavy atom. The number of nitrogens with zero attached hydrogens (tertiary/aromatic N) is 3. The summed E-state index contributed by atoms with van der Waals surface area (Å²) in [6, 6.07) is 9.43. The molecule has 1 atom stereocenters. The van der Waals surface area contributed by atoms with Crippen LogP contribution in [0, 0.1) is 6.92 Å². The van der Waals surface area contributed by atoms with Crippen LogP contribution in [0.5, 0.6) is 5.75 Å². The molecule has 2 aromatic heterocycles. The number of rotatable bonds is 4. The third kappa shape index (κ3) is 3.24. The summed E-state index contributed by atoms with van der Waals surface area (Å²) in [5, 5.41) is 0.765. The van der Waals surface area contributed by atoms with E-state index >= 15 is 0 Å². The van der Waals surface area contributed by atoms with Crippen LogP contribution in [0.2, 0.25) is 0 Å².